The van der Waals surface area contributed by atoms with Gasteiger partial charge in [-0.25, -0.2) is 18.0 Å². The number of amides is 1. The lowest BCUT2D eigenvalue weighted by Gasteiger charge is -2.08. The number of alkyl carbamates (subject to hydrolysis) is 1. The number of hydrogen-bond donors (Lipinski definition) is 2. The molecule has 0 unspecified atom stereocenters. The highest BCUT2D eigenvalue weighted by molar-refractivity contribution is 5.91. The Kier molecular flexibility index (Phi) is 6.44. The molecule has 0 fully saturated rings. The third-order valence-electron chi connectivity index (χ3n) is 5.15. The van der Waals surface area contributed by atoms with Crippen LogP contribution in [0.5, 0.6) is 0 Å². The third-order valence-corrected chi connectivity index (χ3v) is 5.15. The van der Waals surface area contributed by atoms with Crippen LogP contribution in [0.25, 0.3) is 22.2 Å². The SMILES string of the molecule is O=C(NCCCc1c(-c2ccc(F)cc2)[nH]c2c(F)cc(F)cc12)OCc1ccccc1. The predicted molar refractivity (Wildman–Crippen MR) is 117 cm³/mol. The minimum absolute atomic E-state index is 0.169. The van der Waals surface area contributed by atoms with Crippen LogP contribution in [0.1, 0.15) is 17.5 Å². The molecule has 0 spiro atoms. The second-order valence-electron chi connectivity index (χ2n) is 7.39. The van der Waals surface area contributed by atoms with Gasteiger partial charge in [-0.15, -0.1) is 0 Å². The minimum Gasteiger partial charge on any atom is -0.445 e. The summed E-state index contributed by atoms with van der Waals surface area (Å²) < 4.78 is 46.7. The first-order valence-electron chi connectivity index (χ1n) is 10.2. The summed E-state index contributed by atoms with van der Waals surface area (Å²) in [6.45, 7) is 0.489. The fourth-order valence-electron chi connectivity index (χ4n) is 3.63. The molecular formula is C25H21F3N2O2. The smallest absolute Gasteiger partial charge is 0.407 e. The van der Waals surface area contributed by atoms with Crippen molar-refractivity contribution < 1.29 is 22.7 Å². The van der Waals surface area contributed by atoms with Crippen LogP contribution < -0.4 is 5.32 Å². The van der Waals surface area contributed by atoms with Gasteiger partial charge in [-0.2, -0.15) is 0 Å². The first-order chi connectivity index (χ1) is 15.5. The normalized spacial score (nSPS) is 11.0. The van der Waals surface area contributed by atoms with Gasteiger partial charge in [0.05, 0.1) is 5.52 Å². The molecule has 4 nitrogen and oxygen atoms in total. The largest absolute Gasteiger partial charge is 0.445 e. The monoisotopic (exact) mass is 438 g/mol. The van der Waals surface area contributed by atoms with Crippen LogP contribution in [-0.2, 0) is 17.8 Å². The Morgan fingerprint density at radius 1 is 0.938 bits per heavy atom. The minimum atomic E-state index is -0.697. The quantitative estimate of drug-likeness (QED) is 0.342. The van der Waals surface area contributed by atoms with E-state index in [1.807, 2.05) is 30.3 Å². The number of halogens is 3. The molecular weight excluding hydrogens is 417 g/mol. The molecule has 0 aliphatic carbocycles. The van der Waals surface area contributed by atoms with Crippen LogP contribution in [0, 0.1) is 17.5 Å². The molecule has 4 rings (SSSR count). The summed E-state index contributed by atoms with van der Waals surface area (Å²) in [7, 11) is 0. The summed E-state index contributed by atoms with van der Waals surface area (Å²) in [6, 6.07) is 17.2. The maximum atomic E-state index is 14.3. The number of rotatable bonds is 7. The Balaban J connectivity index is 1.45. The van der Waals surface area contributed by atoms with E-state index in [0.29, 0.717) is 41.6 Å². The Morgan fingerprint density at radius 2 is 1.69 bits per heavy atom. The van der Waals surface area contributed by atoms with E-state index >= 15 is 0 Å². The van der Waals surface area contributed by atoms with Gasteiger partial charge in [0.1, 0.15) is 24.1 Å². The van der Waals surface area contributed by atoms with Crippen molar-refractivity contribution in [3.63, 3.8) is 0 Å². The molecule has 0 atom stereocenters. The highest BCUT2D eigenvalue weighted by atomic mass is 19.1. The number of carbonyl (C=O) groups is 1. The molecule has 0 radical (unpaired) electrons. The Labute approximate surface area is 183 Å². The number of nitrogens with one attached hydrogen (secondary N) is 2. The van der Waals surface area contributed by atoms with Crippen molar-refractivity contribution in [1.29, 1.82) is 0 Å². The highest BCUT2D eigenvalue weighted by Gasteiger charge is 2.17. The number of carbonyl (C=O) groups excluding carboxylic acids is 1. The van der Waals surface area contributed by atoms with Gasteiger partial charge in [-0.1, -0.05) is 30.3 Å². The predicted octanol–water partition coefficient (Wildman–Crippen LogP) is 6.11. The number of ether oxygens (including phenoxy) is 1. The Bertz CT molecular complexity index is 1220. The summed E-state index contributed by atoms with van der Waals surface area (Å²) in [5, 5.41) is 3.11. The van der Waals surface area contributed by atoms with Crippen molar-refractivity contribution in [2.24, 2.45) is 0 Å². The van der Waals surface area contributed by atoms with Gasteiger partial charge in [0.15, 0.2) is 0 Å². The van der Waals surface area contributed by atoms with Crippen molar-refractivity contribution in [3.05, 3.63) is 95.3 Å². The van der Waals surface area contributed by atoms with E-state index in [1.165, 1.54) is 18.2 Å². The molecule has 4 aromatic rings. The van der Waals surface area contributed by atoms with Crippen molar-refractivity contribution in [1.82, 2.24) is 10.3 Å². The zero-order chi connectivity index (χ0) is 22.5. The first kappa shape index (κ1) is 21.5. The van der Waals surface area contributed by atoms with Crippen LogP contribution in [0.3, 0.4) is 0 Å². The van der Waals surface area contributed by atoms with Crippen molar-refractivity contribution in [2.45, 2.75) is 19.4 Å². The molecule has 2 N–H and O–H groups in total. The van der Waals surface area contributed by atoms with Gasteiger partial charge >= 0.3 is 6.09 Å². The van der Waals surface area contributed by atoms with E-state index in [1.54, 1.807) is 12.1 Å². The Hall–Kier alpha value is -3.74. The number of fused-ring (bicyclic) bond motifs is 1. The summed E-state index contributed by atoms with van der Waals surface area (Å²) in [6.07, 6.45) is 0.414. The maximum absolute atomic E-state index is 14.3. The summed E-state index contributed by atoms with van der Waals surface area (Å²) >= 11 is 0. The van der Waals surface area contributed by atoms with Crippen LogP contribution >= 0.6 is 0 Å². The molecule has 0 aliphatic heterocycles. The van der Waals surface area contributed by atoms with E-state index in [0.717, 1.165) is 11.6 Å². The summed E-state index contributed by atoms with van der Waals surface area (Å²) in [4.78, 5) is 14.9. The van der Waals surface area contributed by atoms with Crippen molar-refractivity contribution >= 4 is 17.0 Å². The molecule has 1 aromatic heterocycles. The number of aromatic amines is 1. The Morgan fingerprint density at radius 3 is 2.44 bits per heavy atom. The molecule has 164 valence electrons. The number of benzene rings is 3. The maximum Gasteiger partial charge on any atom is 0.407 e. The molecule has 1 heterocycles. The zero-order valence-electron chi connectivity index (χ0n) is 17.1. The van der Waals surface area contributed by atoms with Gasteiger partial charge in [0, 0.05) is 23.7 Å². The van der Waals surface area contributed by atoms with Crippen LogP contribution in [0.15, 0.2) is 66.7 Å². The fraction of sp³-hybridized carbons (Fsp3) is 0.160. The fourth-order valence-corrected chi connectivity index (χ4v) is 3.63. The van der Waals surface area contributed by atoms with Gasteiger partial charge in [-0.05, 0) is 59.9 Å². The van der Waals surface area contributed by atoms with E-state index in [2.05, 4.69) is 10.3 Å². The lowest BCUT2D eigenvalue weighted by Crippen LogP contribution is -2.25. The van der Waals surface area contributed by atoms with Gasteiger partial charge in [-0.3, -0.25) is 0 Å². The van der Waals surface area contributed by atoms with E-state index in [-0.39, 0.29) is 17.9 Å². The topological polar surface area (TPSA) is 54.1 Å². The molecule has 0 bridgehead atoms. The molecule has 0 saturated carbocycles. The zero-order valence-corrected chi connectivity index (χ0v) is 17.1. The number of aryl methyl sites for hydroxylation is 1. The summed E-state index contributed by atoms with van der Waals surface area (Å²) in [5.74, 6) is -1.76. The molecule has 0 saturated heterocycles. The second-order valence-corrected chi connectivity index (χ2v) is 7.39. The van der Waals surface area contributed by atoms with E-state index in [9.17, 15) is 18.0 Å². The lowest BCUT2D eigenvalue weighted by atomic mass is 10.0. The van der Waals surface area contributed by atoms with Crippen LogP contribution in [0.4, 0.5) is 18.0 Å². The van der Waals surface area contributed by atoms with Gasteiger partial charge < -0.3 is 15.0 Å². The van der Waals surface area contributed by atoms with E-state index < -0.39 is 17.7 Å². The van der Waals surface area contributed by atoms with Crippen LogP contribution in [-0.4, -0.2) is 17.6 Å². The molecule has 0 aliphatic rings. The van der Waals surface area contributed by atoms with Gasteiger partial charge in [0.2, 0.25) is 0 Å². The molecule has 1 amide bonds. The summed E-state index contributed by atoms with van der Waals surface area (Å²) in [5.41, 5.74) is 3.03. The average Bonchev–Trinajstić information content (AvgIpc) is 3.15. The van der Waals surface area contributed by atoms with Crippen LogP contribution in [0.2, 0.25) is 0 Å². The van der Waals surface area contributed by atoms with Crippen molar-refractivity contribution in [3.8, 4) is 11.3 Å². The molecule has 3 aromatic carbocycles. The first-order valence-corrected chi connectivity index (χ1v) is 10.2. The molecule has 32 heavy (non-hydrogen) atoms. The van der Waals surface area contributed by atoms with Crippen molar-refractivity contribution in [2.75, 3.05) is 6.54 Å². The van der Waals surface area contributed by atoms with E-state index in [4.69, 9.17) is 4.74 Å². The number of aromatic nitrogens is 1. The molecule has 7 heteroatoms. The second kappa shape index (κ2) is 9.60. The third kappa shape index (κ3) is 4.94. The highest BCUT2D eigenvalue weighted by Crippen LogP contribution is 2.33. The standard InChI is InChI=1S/C25H21F3N2O2/c26-18-10-8-17(9-11-18)23-20(21-13-19(27)14-22(28)24(21)30-23)7-4-12-29-25(31)32-15-16-5-2-1-3-6-16/h1-3,5-6,8-11,13-14,30H,4,7,12,15H2,(H,29,31). The number of hydrogen-bond acceptors (Lipinski definition) is 2. The number of H-pyrrole nitrogens is 1. The lowest BCUT2D eigenvalue weighted by molar-refractivity contribution is 0.139. The van der Waals surface area contributed by atoms with Gasteiger partial charge in [0.25, 0.3) is 0 Å². The average molecular weight is 438 g/mol.